The van der Waals surface area contributed by atoms with Crippen LogP contribution in [0.1, 0.15) is 29.6 Å². The molecule has 0 saturated heterocycles. The molecule has 0 unspecified atom stereocenters. The van der Waals surface area contributed by atoms with Crippen molar-refractivity contribution in [2.24, 2.45) is 5.73 Å². The number of nitrogens with one attached hydrogen (secondary N) is 1. The van der Waals surface area contributed by atoms with Crippen molar-refractivity contribution in [1.82, 2.24) is 9.61 Å². The average molecular weight is 262 g/mol. The standard InChI is InChI=1S/C13H15FN4O/c14-13(3-4-13)5-6-16-11-9(12(15)19)8-17-18-7-1-2-10(11)18/h1-2,7-8,16H,3-6H2,(H2,15,19). The topological polar surface area (TPSA) is 72.4 Å². The van der Waals surface area contributed by atoms with E-state index in [-0.39, 0.29) is 0 Å². The lowest BCUT2D eigenvalue weighted by molar-refractivity contribution is 0.100. The number of alkyl halides is 1. The Morgan fingerprint density at radius 2 is 2.37 bits per heavy atom. The highest BCUT2D eigenvalue weighted by molar-refractivity contribution is 6.01. The molecule has 1 aliphatic rings. The first-order valence-corrected chi connectivity index (χ1v) is 6.28. The summed E-state index contributed by atoms with van der Waals surface area (Å²) in [5, 5.41) is 7.21. The van der Waals surface area contributed by atoms with Crippen molar-refractivity contribution in [3.8, 4) is 0 Å². The number of hydrogen-bond donors (Lipinski definition) is 2. The van der Waals surface area contributed by atoms with Gasteiger partial charge < -0.3 is 11.1 Å². The number of nitrogens with two attached hydrogens (primary N) is 1. The minimum Gasteiger partial charge on any atom is -0.382 e. The predicted molar refractivity (Wildman–Crippen MR) is 69.9 cm³/mol. The van der Waals surface area contributed by atoms with Crippen molar-refractivity contribution in [1.29, 1.82) is 0 Å². The molecule has 100 valence electrons. The molecule has 3 rings (SSSR count). The Morgan fingerprint density at radius 1 is 1.58 bits per heavy atom. The van der Waals surface area contributed by atoms with Crippen LogP contribution in [0, 0.1) is 0 Å². The molecule has 3 N–H and O–H groups in total. The minimum absolute atomic E-state index is 0.329. The van der Waals surface area contributed by atoms with Crippen molar-refractivity contribution in [3.63, 3.8) is 0 Å². The summed E-state index contributed by atoms with van der Waals surface area (Å²) in [6, 6.07) is 3.67. The highest BCUT2D eigenvalue weighted by Gasteiger charge is 2.42. The van der Waals surface area contributed by atoms with Crippen LogP contribution in [0.4, 0.5) is 10.1 Å². The van der Waals surface area contributed by atoms with Gasteiger partial charge in [-0.25, -0.2) is 8.91 Å². The van der Waals surface area contributed by atoms with Gasteiger partial charge in [-0.05, 0) is 31.4 Å². The zero-order valence-electron chi connectivity index (χ0n) is 10.4. The van der Waals surface area contributed by atoms with Crippen molar-refractivity contribution in [2.75, 3.05) is 11.9 Å². The number of fused-ring (bicyclic) bond motifs is 1. The van der Waals surface area contributed by atoms with Crippen molar-refractivity contribution in [2.45, 2.75) is 24.9 Å². The number of amides is 1. The number of primary amides is 1. The number of carbonyl (C=O) groups excluding carboxylic acids is 1. The zero-order chi connectivity index (χ0) is 13.5. The lowest BCUT2D eigenvalue weighted by Gasteiger charge is -2.12. The molecule has 1 fully saturated rings. The summed E-state index contributed by atoms with van der Waals surface area (Å²) in [5.74, 6) is -0.542. The molecule has 2 aromatic heterocycles. The summed E-state index contributed by atoms with van der Waals surface area (Å²) in [6.45, 7) is 0.474. The monoisotopic (exact) mass is 262 g/mol. The first-order chi connectivity index (χ1) is 9.09. The molecule has 0 spiro atoms. The third kappa shape index (κ3) is 2.25. The SMILES string of the molecule is NC(=O)c1cnn2cccc2c1NCCC1(F)CC1. The van der Waals surface area contributed by atoms with Crippen LogP contribution in [0.2, 0.25) is 0 Å². The van der Waals surface area contributed by atoms with Crippen molar-refractivity contribution in [3.05, 3.63) is 30.1 Å². The van der Waals surface area contributed by atoms with E-state index in [2.05, 4.69) is 10.4 Å². The maximum absolute atomic E-state index is 13.6. The van der Waals surface area contributed by atoms with Gasteiger partial charge in [-0.1, -0.05) is 0 Å². The molecule has 1 amide bonds. The van der Waals surface area contributed by atoms with E-state index >= 15 is 0 Å². The fraction of sp³-hybridized carbons (Fsp3) is 0.385. The van der Waals surface area contributed by atoms with Gasteiger partial charge in [0.2, 0.25) is 0 Å². The first kappa shape index (κ1) is 12.0. The summed E-state index contributed by atoms with van der Waals surface area (Å²) in [6.07, 6.45) is 4.92. The molecular weight excluding hydrogens is 247 g/mol. The molecule has 19 heavy (non-hydrogen) atoms. The maximum atomic E-state index is 13.6. The van der Waals surface area contributed by atoms with E-state index in [1.165, 1.54) is 6.20 Å². The van der Waals surface area contributed by atoms with Crippen LogP contribution >= 0.6 is 0 Å². The van der Waals surface area contributed by atoms with Crippen LogP contribution in [0.5, 0.6) is 0 Å². The Balaban J connectivity index is 1.87. The number of nitrogens with zero attached hydrogens (tertiary/aromatic N) is 2. The number of anilines is 1. The highest BCUT2D eigenvalue weighted by atomic mass is 19.1. The molecule has 2 aromatic rings. The van der Waals surface area contributed by atoms with Gasteiger partial charge in [0, 0.05) is 12.7 Å². The quantitative estimate of drug-likeness (QED) is 0.862. The normalized spacial score (nSPS) is 16.5. The summed E-state index contributed by atoms with van der Waals surface area (Å²) in [4.78, 5) is 11.4. The Labute approximate surface area is 109 Å². The summed E-state index contributed by atoms with van der Waals surface area (Å²) in [7, 11) is 0. The second kappa shape index (κ2) is 4.22. The number of aromatic nitrogens is 2. The Hall–Kier alpha value is -2.11. The Morgan fingerprint density at radius 3 is 3.05 bits per heavy atom. The molecule has 0 radical (unpaired) electrons. The van der Waals surface area contributed by atoms with Gasteiger partial charge in [0.25, 0.3) is 5.91 Å². The van der Waals surface area contributed by atoms with E-state index in [0.29, 0.717) is 37.1 Å². The van der Waals surface area contributed by atoms with Crippen LogP contribution < -0.4 is 11.1 Å². The molecule has 1 saturated carbocycles. The number of rotatable bonds is 5. The molecule has 0 aromatic carbocycles. The van der Waals surface area contributed by atoms with Crippen LogP contribution in [0.25, 0.3) is 5.52 Å². The van der Waals surface area contributed by atoms with Crippen LogP contribution in [-0.4, -0.2) is 27.7 Å². The smallest absolute Gasteiger partial charge is 0.252 e. The van der Waals surface area contributed by atoms with Crippen molar-refractivity contribution >= 4 is 17.1 Å². The van der Waals surface area contributed by atoms with Gasteiger partial charge in [-0.15, -0.1) is 0 Å². The van der Waals surface area contributed by atoms with Gasteiger partial charge in [0.15, 0.2) is 0 Å². The second-order valence-corrected chi connectivity index (χ2v) is 4.96. The molecule has 5 nitrogen and oxygen atoms in total. The Bertz CT molecular complexity index is 633. The average Bonchev–Trinajstić information content (AvgIpc) is 2.92. The van der Waals surface area contributed by atoms with E-state index < -0.39 is 11.6 Å². The summed E-state index contributed by atoms with van der Waals surface area (Å²) in [5.41, 5.74) is 6.05. The van der Waals surface area contributed by atoms with Crippen LogP contribution in [0.15, 0.2) is 24.5 Å². The predicted octanol–water partition coefficient (Wildman–Crippen LogP) is 1.74. The number of carbonyl (C=O) groups is 1. The van der Waals surface area contributed by atoms with Crippen molar-refractivity contribution < 1.29 is 9.18 Å². The van der Waals surface area contributed by atoms with Crippen LogP contribution in [-0.2, 0) is 0 Å². The second-order valence-electron chi connectivity index (χ2n) is 4.96. The van der Waals surface area contributed by atoms with Gasteiger partial charge in [0.05, 0.1) is 23.0 Å². The molecule has 0 bridgehead atoms. The molecule has 0 aliphatic heterocycles. The lowest BCUT2D eigenvalue weighted by Crippen LogP contribution is -2.18. The van der Waals surface area contributed by atoms with Gasteiger partial charge >= 0.3 is 0 Å². The highest BCUT2D eigenvalue weighted by Crippen LogP contribution is 2.42. The van der Waals surface area contributed by atoms with E-state index in [9.17, 15) is 9.18 Å². The van der Waals surface area contributed by atoms with Gasteiger partial charge in [-0.3, -0.25) is 4.79 Å². The molecule has 6 heteroatoms. The summed E-state index contributed by atoms with van der Waals surface area (Å²) >= 11 is 0. The van der Waals surface area contributed by atoms with E-state index in [0.717, 1.165) is 5.52 Å². The molecule has 2 heterocycles. The minimum atomic E-state index is -1.01. The lowest BCUT2D eigenvalue weighted by atomic mass is 10.2. The van der Waals surface area contributed by atoms with Gasteiger partial charge in [0.1, 0.15) is 5.67 Å². The van der Waals surface area contributed by atoms with Crippen LogP contribution in [0.3, 0.4) is 0 Å². The van der Waals surface area contributed by atoms with E-state index in [1.54, 1.807) is 10.7 Å². The molecular formula is C13H15FN4O. The molecule has 1 aliphatic carbocycles. The third-order valence-corrected chi connectivity index (χ3v) is 3.50. The molecule has 0 atom stereocenters. The fourth-order valence-electron chi connectivity index (χ4n) is 2.16. The maximum Gasteiger partial charge on any atom is 0.252 e. The first-order valence-electron chi connectivity index (χ1n) is 6.28. The zero-order valence-corrected chi connectivity index (χ0v) is 10.4. The summed E-state index contributed by atoms with van der Waals surface area (Å²) < 4.78 is 15.2. The van der Waals surface area contributed by atoms with Gasteiger partial charge in [-0.2, -0.15) is 5.10 Å². The largest absolute Gasteiger partial charge is 0.382 e. The van der Waals surface area contributed by atoms with E-state index in [4.69, 9.17) is 5.73 Å². The third-order valence-electron chi connectivity index (χ3n) is 3.50. The number of halogens is 1. The fourth-order valence-corrected chi connectivity index (χ4v) is 2.16. The Kier molecular flexibility index (Phi) is 2.66. The number of hydrogen-bond acceptors (Lipinski definition) is 3. The van der Waals surface area contributed by atoms with E-state index in [1.807, 2.05) is 12.1 Å².